The van der Waals surface area contributed by atoms with Crippen LogP contribution in [0.5, 0.6) is 0 Å². The Bertz CT molecular complexity index is 337. The van der Waals surface area contributed by atoms with Crippen molar-refractivity contribution in [2.24, 2.45) is 17.3 Å². The molecule has 0 bridgehead atoms. The van der Waals surface area contributed by atoms with E-state index in [1.54, 1.807) is 0 Å². The third kappa shape index (κ3) is 3.62. The molecule has 2 aliphatic carbocycles. The van der Waals surface area contributed by atoms with Crippen LogP contribution >= 0.6 is 0 Å². The molecular weight excluding hydrogens is 264 g/mol. The van der Waals surface area contributed by atoms with E-state index >= 15 is 0 Å². The Labute approximate surface area is 129 Å². The summed E-state index contributed by atoms with van der Waals surface area (Å²) in [5.74, 6) is 1.16. The zero-order chi connectivity index (χ0) is 14.8. The summed E-state index contributed by atoms with van der Waals surface area (Å²) in [5, 5.41) is 9.12. The van der Waals surface area contributed by atoms with Gasteiger partial charge in [-0.25, -0.2) is 0 Å². The van der Waals surface area contributed by atoms with E-state index in [2.05, 4.69) is 6.92 Å². The molecule has 1 heterocycles. The Balaban J connectivity index is 1.49. The molecule has 3 aliphatic rings. The van der Waals surface area contributed by atoms with E-state index in [1.807, 2.05) is 0 Å². The highest BCUT2D eigenvalue weighted by Gasteiger charge is 2.50. The van der Waals surface area contributed by atoms with Crippen molar-refractivity contribution in [1.82, 2.24) is 0 Å². The third-order valence-corrected chi connectivity index (χ3v) is 6.15. The smallest absolute Gasteiger partial charge is 0.169 e. The molecule has 21 heavy (non-hydrogen) atoms. The summed E-state index contributed by atoms with van der Waals surface area (Å²) in [5.41, 5.74) is 0.510. The van der Waals surface area contributed by atoms with Crippen molar-refractivity contribution in [2.45, 2.75) is 76.9 Å². The maximum atomic E-state index is 9.12. The van der Waals surface area contributed by atoms with Crippen LogP contribution in [0.3, 0.4) is 0 Å². The van der Waals surface area contributed by atoms with Crippen LogP contribution in [0, 0.1) is 17.3 Å². The van der Waals surface area contributed by atoms with Crippen LogP contribution in [0.25, 0.3) is 0 Å². The van der Waals surface area contributed by atoms with Gasteiger partial charge in [0.15, 0.2) is 5.79 Å². The molecule has 3 rings (SSSR count). The van der Waals surface area contributed by atoms with Gasteiger partial charge in [0.1, 0.15) is 0 Å². The minimum absolute atomic E-state index is 0.210. The van der Waals surface area contributed by atoms with Gasteiger partial charge in [0.25, 0.3) is 0 Å². The van der Waals surface area contributed by atoms with E-state index in [0.717, 1.165) is 32.0 Å². The summed E-state index contributed by atoms with van der Waals surface area (Å²) >= 11 is 0. The summed E-state index contributed by atoms with van der Waals surface area (Å²) in [7, 11) is 0. The molecule has 2 saturated carbocycles. The molecule has 3 nitrogen and oxygen atoms in total. The van der Waals surface area contributed by atoms with Crippen LogP contribution < -0.4 is 0 Å². The highest BCUT2D eigenvalue weighted by molar-refractivity contribution is 4.97. The first-order chi connectivity index (χ1) is 10.2. The van der Waals surface area contributed by atoms with Crippen molar-refractivity contribution in [3.8, 4) is 0 Å². The first-order valence-corrected chi connectivity index (χ1v) is 9.04. The second kappa shape index (κ2) is 6.55. The normalized spacial score (nSPS) is 36.6. The summed E-state index contributed by atoms with van der Waals surface area (Å²) in [6, 6.07) is 0. The number of hydrogen-bond donors (Lipinski definition) is 1. The highest BCUT2D eigenvalue weighted by atomic mass is 16.7. The van der Waals surface area contributed by atoms with Gasteiger partial charge in [-0.3, -0.25) is 0 Å². The van der Waals surface area contributed by atoms with Crippen molar-refractivity contribution in [3.05, 3.63) is 0 Å². The van der Waals surface area contributed by atoms with Gasteiger partial charge in [0.2, 0.25) is 0 Å². The molecule has 0 radical (unpaired) electrons. The standard InChI is InChI=1S/C18H32O3/c1-15(13-19)4-2-5-16-6-9-17(12-16)7-3-8-18(14-17)20-10-11-21-18/h15-16,19H,2-14H2,1H3. The molecule has 3 unspecified atom stereocenters. The van der Waals surface area contributed by atoms with E-state index in [4.69, 9.17) is 14.6 Å². The average Bonchev–Trinajstić information content (AvgIpc) is 3.07. The first kappa shape index (κ1) is 15.8. The molecule has 3 atom stereocenters. The lowest BCUT2D eigenvalue weighted by molar-refractivity contribution is -0.201. The number of hydrogen-bond acceptors (Lipinski definition) is 3. The molecule has 2 spiro atoms. The molecular formula is C18H32O3. The Kier molecular flexibility index (Phi) is 4.92. The molecule has 0 amide bonds. The van der Waals surface area contributed by atoms with Crippen molar-refractivity contribution in [2.75, 3.05) is 19.8 Å². The summed E-state index contributed by atoms with van der Waals surface area (Å²) in [6.07, 6.45) is 12.9. The molecule has 0 aromatic rings. The predicted molar refractivity (Wildman–Crippen MR) is 83.0 cm³/mol. The van der Waals surface area contributed by atoms with Crippen molar-refractivity contribution in [3.63, 3.8) is 0 Å². The fourth-order valence-electron chi connectivity index (χ4n) is 5.03. The van der Waals surface area contributed by atoms with Crippen molar-refractivity contribution < 1.29 is 14.6 Å². The number of rotatable bonds is 5. The van der Waals surface area contributed by atoms with Gasteiger partial charge in [-0.2, -0.15) is 0 Å². The lowest BCUT2D eigenvalue weighted by Crippen LogP contribution is -2.41. The van der Waals surface area contributed by atoms with Crippen LogP contribution in [0.15, 0.2) is 0 Å². The van der Waals surface area contributed by atoms with E-state index in [1.165, 1.54) is 51.4 Å². The van der Waals surface area contributed by atoms with Gasteiger partial charge in [-0.1, -0.05) is 19.8 Å². The summed E-state index contributed by atoms with van der Waals surface area (Å²) < 4.78 is 12.0. The van der Waals surface area contributed by atoms with Gasteiger partial charge < -0.3 is 14.6 Å². The summed E-state index contributed by atoms with van der Waals surface area (Å²) in [6.45, 7) is 4.07. The van der Waals surface area contributed by atoms with Crippen molar-refractivity contribution >= 4 is 0 Å². The highest BCUT2D eigenvalue weighted by Crippen LogP contribution is 2.56. The zero-order valence-corrected chi connectivity index (χ0v) is 13.6. The molecule has 3 fully saturated rings. The second-order valence-electron chi connectivity index (χ2n) is 7.97. The number of ether oxygens (including phenoxy) is 2. The lowest BCUT2D eigenvalue weighted by atomic mass is 9.69. The van der Waals surface area contributed by atoms with Crippen LogP contribution in [-0.2, 0) is 9.47 Å². The Morgan fingerprint density at radius 1 is 1.19 bits per heavy atom. The molecule has 3 heteroatoms. The largest absolute Gasteiger partial charge is 0.396 e. The van der Waals surface area contributed by atoms with Crippen LogP contribution in [0.4, 0.5) is 0 Å². The first-order valence-electron chi connectivity index (χ1n) is 9.04. The van der Waals surface area contributed by atoms with E-state index in [9.17, 15) is 0 Å². The molecule has 1 saturated heterocycles. The SMILES string of the molecule is CC(CO)CCCC1CCC2(CCCC3(C2)OCCO3)C1. The third-order valence-electron chi connectivity index (χ3n) is 6.15. The van der Waals surface area contributed by atoms with Crippen molar-refractivity contribution in [1.29, 1.82) is 0 Å². The van der Waals surface area contributed by atoms with Crippen LogP contribution in [0.2, 0.25) is 0 Å². The second-order valence-corrected chi connectivity index (χ2v) is 7.97. The topological polar surface area (TPSA) is 38.7 Å². The number of aliphatic hydroxyl groups is 1. The van der Waals surface area contributed by atoms with Gasteiger partial charge in [-0.05, 0) is 55.8 Å². The van der Waals surface area contributed by atoms with Crippen LogP contribution in [0.1, 0.15) is 71.1 Å². The molecule has 1 aliphatic heterocycles. The van der Waals surface area contributed by atoms with Gasteiger partial charge >= 0.3 is 0 Å². The van der Waals surface area contributed by atoms with Gasteiger partial charge in [-0.15, -0.1) is 0 Å². The quantitative estimate of drug-likeness (QED) is 0.836. The maximum Gasteiger partial charge on any atom is 0.169 e. The van der Waals surface area contributed by atoms with E-state index in [0.29, 0.717) is 17.9 Å². The average molecular weight is 296 g/mol. The molecule has 0 aromatic carbocycles. The predicted octanol–water partition coefficient (Wildman–Crippen LogP) is 3.89. The minimum Gasteiger partial charge on any atom is -0.396 e. The monoisotopic (exact) mass is 296 g/mol. The number of aliphatic hydroxyl groups excluding tert-OH is 1. The minimum atomic E-state index is -0.210. The maximum absolute atomic E-state index is 9.12. The fourth-order valence-corrected chi connectivity index (χ4v) is 5.03. The van der Waals surface area contributed by atoms with E-state index in [-0.39, 0.29) is 5.79 Å². The van der Waals surface area contributed by atoms with Gasteiger partial charge in [0.05, 0.1) is 13.2 Å². The zero-order valence-electron chi connectivity index (χ0n) is 13.6. The Morgan fingerprint density at radius 2 is 2.00 bits per heavy atom. The lowest BCUT2D eigenvalue weighted by Gasteiger charge is -2.43. The Morgan fingerprint density at radius 3 is 2.76 bits per heavy atom. The van der Waals surface area contributed by atoms with Gasteiger partial charge in [0, 0.05) is 19.4 Å². The molecule has 122 valence electrons. The fraction of sp³-hybridized carbons (Fsp3) is 1.00. The van der Waals surface area contributed by atoms with Crippen LogP contribution in [-0.4, -0.2) is 30.7 Å². The Hall–Kier alpha value is -0.120. The molecule has 0 aromatic heterocycles. The van der Waals surface area contributed by atoms with E-state index < -0.39 is 0 Å². The molecule has 1 N–H and O–H groups in total. The summed E-state index contributed by atoms with van der Waals surface area (Å²) in [4.78, 5) is 0.